The molecule has 0 fully saturated rings. The smallest absolute Gasteiger partial charge is 1.00 e. The first-order valence-electron chi connectivity index (χ1n) is 5.84. The molecule has 0 aromatic heterocycles. The molecule has 0 aliphatic heterocycles. The van der Waals surface area contributed by atoms with Crippen LogP contribution in [-0.4, -0.2) is 37.7 Å². The number of fused-ring (bicyclic) bond motifs is 2. The molecule has 0 spiro atoms. The summed E-state index contributed by atoms with van der Waals surface area (Å²) in [6.45, 7) is 0. The maximum Gasteiger partial charge on any atom is 2.00 e. The molecule has 20 heavy (non-hydrogen) atoms. The van der Waals surface area contributed by atoms with E-state index >= 15 is 0 Å². The van der Waals surface area contributed by atoms with E-state index < -0.39 is 10.1 Å². The quantitative estimate of drug-likeness (QED) is 0.414. The van der Waals surface area contributed by atoms with Gasteiger partial charge in [-0.1, -0.05) is 36.4 Å². The van der Waals surface area contributed by atoms with Gasteiger partial charge >= 0.3 is 33.2 Å². The Morgan fingerprint density at radius 3 is 2.15 bits per heavy atom. The van der Waals surface area contributed by atoms with Crippen LogP contribution in [0.4, 0.5) is 0 Å². The maximum absolute atomic E-state index is 11.3. The molecule has 3 nitrogen and oxygen atoms in total. The second-order valence-electron chi connectivity index (χ2n) is 4.46. The molecule has 5 heteroatoms. The van der Waals surface area contributed by atoms with Gasteiger partial charge < -0.3 is 7.04 Å². The summed E-state index contributed by atoms with van der Waals surface area (Å²) < 4.78 is 27.6. The first-order chi connectivity index (χ1) is 9.03. The third kappa shape index (κ3) is 3.05. The van der Waals surface area contributed by atoms with Crippen LogP contribution in [0.15, 0.2) is 54.6 Å². The van der Waals surface area contributed by atoms with Crippen molar-refractivity contribution in [2.45, 2.75) is 0 Å². The summed E-state index contributed by atoms with van der Waals surface area (Å²) in [5.41, 5.74) is 0. The van der Waals surface area contributed by atoms with Crippen molar-refractivity contribution in [3.63, 3.8) is 0 Å². The Hall–Kier alpha value is -1.30. The molecule has 0 amide bonds. The first kappa shape index (κ1) is 15.1. The Bertz CT molecular complexity index is 882. The minimum atomic E-state index is -3.52. The van der Waals surface area contributed by atoms with E-state index in [1.807, 2.05) is 42.5 Å². The van der Waals surface area contributed by atoms with Gasteiger partial charge in [-0.05, 0) is 34.4 Å². The standard InChI is InChI=1S/C15H12O3S.Mg.2H/c1-19(16,17)18-15-8-4-7-13-9-11-5-2-3-6-12(11)10-14(13)15;;;/h2-10H,1H3;;;/q;+2;2*-1. The van der Waals surface area contributed by atoms with E-state index in [1.54, 1.807) is 12.1 Å². The van der Waals surface area contributed by atoms with Gasteiger partial charge in [-0.3, -0.25) is 0 Å². The van der Waals surface area contributed by atoms with Gasteiger partial charge in [0.05, 0.1) is 6.26 Å². The molecule has 0 N–H and O–H groups in total. The molecule has 0 radical (unpaired) electrons. The van der Waals surface area contributed by atoms with E-state index in [-0.39, 0.29) is 25.9 Å². The molecule has 0 aliphatic rings. The average Bonchev–Trinajstić information content (AvgIpc) is 2.35. The van der Waals surface area contributed by atoms with Crippen LogP contribution in [0, 0.1) is 0 Å². The third-order valence-corrected chi connectivity index (χ3v) is 3.43. The predicted octanol–water partition coefficient (Wildman–Crippen LogP) is 3.18. The minimum Gasteiger partial charge on any atom is -1.00 e. The molecular weight excluding hydrogens is 285 g/mol. The SMILES string of the molecule is CS(=O)(=O)Oc1cccc2cc3ccccc3cc12.[H-].[H-].[Mg+2]. The monoisotopic (exact) mass is 298 g/mol. The Labute approximate surface area is 136 Å². The molecule has 0 bridgehead atoms. The van der Waals surface area contributed by atoms with Crippen molar-refractivity contribution in [2.75, 3.05) is 6.26 Å². The Morgan fingerprint density at radius 2 is 1.50 bits per heavy atom. The third-order valence-electron chi connectivity index (χ3n) is 2.95. The number of benzene rings is 3. The molecule has 3 aromatic rings. The van der Waals surface area contributed by atoms with Crippen molar-refractivity contribution >= 4 is 54.7 Å². The van der Waals surface area contributed by atoms with Gasteiger partial charge in [0.15, 0.2) is 0 Å². The molecular formula is C15H14MgO3S. The van der Waals surface area contributed by atoms with Crippen molar-refractivity contribution in [2.24, 2.45) is 0 Å². The van der Waals surface area contributed by atoms with Crippen LogP contribution in [0.2, 0.25) is 0 Å². The van der Waals surface area contributed by atoms with Crippen molar-refractivity contribution in [1.82, 2.24) is 0 Å². The maximum atomic E-state index is 11.3. The van der Waals surface area contributed by atoms with Crippen LogP contribution in [0.3, 0.4) is 0 Å². The topological polar surface area (TPSA) is 43.4 Å². The second-order valence-corrected chi connectivity index (χ2v) is 6.04. The fourth-order valence-electron chi connectivity index (χ4n) is 2.17. The van der Waals surface area contributed by atoms with Crippen LogP contribution < -0.4 is 4.18 Å². The van der Waals surface area contributed by atoms with Gasteiger partial charge in [0.1, 0.15) is 5.75 Å². The van der Waals surface area contributed by atoms with Crippen molar-refractivity contribution in [3.8, 4) is 5.75 Å². The van der Waals surface area contributed by atoms with E-state index in [9.17, 15) is 8.42 Å². The van der Waals surface area contributed by atoms with Crippen LogP contribution in [0.5, 0.6) is 5.75 Å². The Morgan fingerprint density at radius 1 is 0.900 bits per heavy atom. The number of hydrogen-bond donors (Lipinski definition) is 0. The van der Waals surface area contributed by atoms with Gasteiger partial charge in [0.25, 0.3) is 0 Å². The molecule has 0 heterocycles. The number of hydrogen-bond acceptors (Lipinski definition) is 3. The van der Waals surface area contributed by atoms with Gasteiger partial charge in [-0.15, -0.1) is 0 Å². The van der Waals surface area contributed by atoms with Gasteiger partial charge in [-0.2, -0.15) is 8.42 Å². The van der Waals surface area contributed by atoms with Crippen molar-refractivity contribution in [1.29, 1.82) is 0 Å². The molecule has 0 unspecified atom stereocenters. The Balaban J connectivity index is 0.00000147. The summed E-state index contributed by atoms with van der Waals surface area (Å²) in [5, 5.41) is 3.93. The number of rotatable bonds is 2. The van der Waals surface area contributed by atoms with Crippen LogP contribution in [0.25, 0.3) is 21.5 Å². The van der Waals surface area contributed by atoms with Crippen LogP contribution >= 0.6 is 0 Å². The molecule has 0 atom stereocenters. The van der Waals surface area contributed by atoms with E-state index in [2.05, 4.69) is 0 Å². The molecule has 3 rings (SSSR count). The van der Waals surface area contributed by atoms with Gasteiger partial charge in [-0.25, -0.2) is 0 Å². The van der Waals surface area contributed by atoms with Crippen molar-refractivity contribution < 1.29 is 15.5 Å². The first-order valence-corrected chi connectivity index (χ1v) is 7.65. The minimum absolute atomic E-state index is 0. The Kier molecular flexibility index (Phi) is 4.22. The zero-order valence-corrected chi connectivity index (χ0v) is 13.3. The van der Waals surface area contributed by atoms with E-state index in [0.29, 0.717) is 5.75 Å². The summed E-state index contributed by atoms with van der Waals surface area (Å²) in [6, 6.07) is 17.3. The summed E-state index contributed by atoms with van der Waals surface area (Å²) in [6.07, 6.45) is 1.05. The fourth-order valence-corrected chi connectivity index (χ4v) is 2.65. The zero-order valence-electron chi connectivity index (χ0n) is 13.0. The molecule has 0 aliphatic carbocycles. The summed E-state index contributed by atoms with van der Waals surface area (Å²) in [5.74, 6) is 0.366. The fraction of sp³-hybridized carbons (Fsp3) is 0.0667. The summed E-state index contributed by atoms with van der Waals surface area (Å²) in [7, 11) is -3.52. The van der Waals surface area contributed by atoms with Gasteiger partial charge in [0, 0.05) is 5.39 Å². The van der Waals surface area contributed by atoms with E-state index in [4.69, 9.17) is 4.18 Å². The normalized spacial score (nSPS) is 11.2. The van der Waals surface area contributed by atoms with E-state index in [1.165, 1.54) is 0 Å². The van der Waals surface area contributed by atoms with Crippen molar-refractivity contribution in [3.05, 3.63) is 54.6 Å². The zero-order chi connectivity index (χ0) is 13.5. The van der Waals surface area contributed by atoms with E-state index in [0.717, 1.165) is 27.8 Å². The summed E-state index contributed by atoms with van der Waals surface area (Å²) in [4.78, 5) is 0. The molecule has 3 aromatic carbocycles. The summed E-state index contributed by atoms with van der Waals surface area (Å²) >= 11 is 0. The molecule has 100 valence electrons. The average molecular weight is 299 g/mol. The van der Waals surface area contributed by atoms with Crippen LogP contribution in [-0.2, 0) is 10.1 Å². The predicted molar refractivity (Wildman–Crippen MR) is 84.9 cm³/mol. The molecule has 0 saturated carbocycles. The second kappa shape index (κ2) is 5.59. The van der Waals surface area contributed by atoms with Crippen LogP contribution in [0.1, 0.15) is 2.85 Å². The largest absolute Gasteiger partial charge is 2.00 e. The van der Waals surface area contributed by atoms with Gasteiger partial charge in [0.2, 0.25) is 0 Å². The molecule has 0 saturated heterocycles.